The van der Waals surface area contributed by atoms with Gasteiger partial charge in [-0.15, -0.1) is 0 Å². The molecule has 0 saturated carbocycles. The summed E-state index contributed by atoms with van der Waals surface area (Å²) < 4.78 is 15.1. The Kier molecular flexibility index (Phi) is 4.51. The highest BCUT2D eigenvalue weighted by Gasteiger charge is 2.43. The summed E-state index contributed by atoms with van der Waals surface area (Å²) in [5, 5.41) is 2.88. The van der Waals surface area contributed by atoms with Crippen LogP contribution in [0.15, 0.2) is 35.5 Å². The van der Waals surface area contributed by atoms with Crippen molar-refractivity contribution in [3.8, 4) is 0 Å². The van der Waals surface area contributed by atoms with Gasteiger partial charge in [-0.3, -0.25) is 14.4 Å². The zero-order chi connectivity index (χ0) is 21.9. The molecular weight excluding hydrogens is 401 g/mol. The van der Waals surface area contributed by atoms with Crippen molar-refractivity contribution in [2.45, 2.75) is 38.4 Å². The van der Waals surface area contributed by atoms with Crippen LogP contribution in [0.2, 0.25) is 0 Å². The summed E-state index contributed by atoms with van der Waals surface area (Å²) in [6.07, 6.45) is 0.748. The van der Waals surface area contributed by atoms with Crippen LogP contribution in [0.1, 0.15) is 51.8 Å². The minimum absolute atomic E-state index is 0.163. The van der Waals surface area contributed by atoms with Crippen LogP contribution in [0.4, 0.5) is 4.39 Å². The minimum atomic E-state index is -0.859. The SMILES string of the molecule is CC1=C(N2CC2)C(=O)c2nc3n(c2C1=O)CC[C@@H]3NC(=O)[C@@H](N)Cc1cccc(F)c1. The third kappa shape index (κ3) is 3.25. The van der Waals surface area contributed by atoms with Gasteiger partial charge in [0.05, 0.1) is 17.8 Å². The highest BCUT2D eigenvalue weighted by Crippen LogP contribution is 2.36. The number of Topliss-reactive ketones (excluding diaryl/α,β-unsaturated/α-hetero) is 2. The Morgan fingerprint density at radius 2 is 2.06 bits per heavy atom. The van der Waals surface area contributed by atoms with E-state index >= 15 is 0 Å². The standard InChI is InChI=1S/C22H22FN5O3/c1-11-17(27-7-8-27)20(30)16-18(19(11)29)28-6-5-15(21(28)26-16)25-22(31)14(24)10-12-3-2-4-13(23)9-12/h2-4,9,14-15H,5-8,10,24H2,1H3,(H,25,31)/t14-,15-/m0/s1. The van der Waals surface area contributed by atoms with E-state index in [9.17, 15) is 18.8 Å². The fourth-order valence-corrected chi connectivity index (χ4v) is 4.39. The number of rotatable bonds is 5. The molecule has 9 heteroatoms. The molecule has 2 aromatic rings. The molecule has 0 radical (unpaired) electrons. The average Bonchev–Trinajstić information content (AvgIpc) is 3.37. The molecule has 2 aliphatic heterocycles. The van der Waals surface area contributed by atoms with Crippen LogP contribution in [-0.4, -0.2) is 51.1 Å². The summed E-state index contributed by atoms with van der Waals surface area (Å²) in [6.45, 7) is 3.68. The zero-order valence-electron chi connectivity index (χ0n) is 17.0. The first-order valence-electron chi connectivity index (χ1n) is 10.3. The lowest BCUT2D eigenvalue weighted by atomic mass is 9.95. The van der Waals surface area contributed by atoms with Crippen molar-refractivity contribution in [3.05, 3.63) is 64.1 Å². The third-order valence-corrected chi connectivity index (χ3v) is 6.05. The van der Waals surface area contributed by atoms with Crippen LogP contribution < -0.4 is 11.1 Å². The topological polar surface area (TPSA) is 110 Å². The number of nitrogens with two attached hydrogens (primary N) is 1. The van der Waals surface area contributed by atoms with E-state index in [1.54, 1.807) is 23.6 Å². The van der Waals surface area contributed by atoms with E-state index in [0.29, 0.717) is 41.3 Å². The van der Waals surface area contributed by atoms with Crippen molar-refractivity contribution in [2.24, 2.45) is 5.73 Å². The highest BCUT2D eigenvalue weighted by molar-refractivity contribution is 6.25. The number of halogens is 1. The first-order chi connectivity index (χ1) is 14.8. The molecule has 3 N–H and O–H groups in total. The number of amides is 1. The molecule has 1 fully saturated rings. The van der Waals surface area contributed by atoms with Gasteiger partial charge in [0.15, 0.2) is 0 Å². The summed E-state index contributed by atoms with van der Waals surface area (Å²) in [5.41, 5.74) is 8.02. The van der Waals surface area contributed by atoms with Crippen molar-refractivity contribution in [3.63, 3.8) is 0 Å². The van der Waals surface area contributed by atoms with Gasteiger partial charge in [-0.1, -0.05) is 12.1 Å². The van der Waals surface area contributed by atoms with Crippen LogP contribution in [0.25, 0.3) is 0 Å². The van der Waals surface area contributed by atoms with Gasteiger partial charge in [0.1, 0.15) is 23.0 Å². The van der Waals surface area contributed by atoms with Gasteiger partial charge in [0.25, 0.3) is 0 Å². The van der Waals surface area contributed by atoms with Crippen molar-refractivity contribution >= 4 is 17.5 Å². The average molecular weight is 423 g/mol. The summed E-state index contributed by atoms with van der Waals surface area (Å²) in [6, 6.07) is 4.67. The van der Waals surface area contributed by atoms with Gasteiger partial charge in [-0.2, -0.15) is 0 Å². The lowest BCUT2D eigenvalue weighted by molar-refractivity contribution is -0.123. The van der Waals surface area contributed by atoms with Crippen LogP contribution in [-0.2, 0) is 17.8 Å². The van der Waals surface area contributed by atoms with Crippen LogP contribution >= 0.6 is 0 Å². The molecule has 0 unspecified atom stereocenters. The first kappa shape index (κ1) is 19.6. The molecule has 0 spiro atoms. The number of imidazole rings is 1. The molecule has 3 heterocycles. The quantitative estimate of drug-likeness (QED) is 0.698. The van der Waals surface area contributed by atoms with Crippen LogP contribution in [0.5, 0.6) is 0 Å². The normalized spacial score (nSPS) is 20.6. The predicted molar refractivity (Wildman–Crippen MR) is 109 cm³/mol. The van der Waals surface area contributed by atoms with Crippen LogP contribution in [0.3, 0.4) is 0 Å². The van der Waals surface area contributed by atoms with Crippen LogP contribution in [0, 0.1) is 5.82 Å². The lowest BCUT2D eigenvalue weighted by Crippen LogP contribution is -2.43. The molecule has 1 amide bonds. The minimum Gasteiger partial charge on any atom is -0.364 e. The van der Waals surface area contributed by atoms with Gasteiger partial charge in [0, 0.05) is 25.2 Å². The monoisotopic (exact) mass is 423 g/mol. The molecule has 1 aliphatic carbocycles. The molecular formula is C22H22FN5O3. The molecule has 1 saturated heterocycles. The Balaban J connectivity index is 1.35. The molecule has 31 heavy (non-hydrogen) atoms. The summed E-state index contributed by atoms with van der Waals surface area (Å²) >= 11 is 0. The van der Waals surface area contributed by atoms with Gasteiger partial charge in [-0.05, 0) is 37.5 Å². The maximum atomic E-state index is 13.4. The number of nitrogens with zero attached hydrogens (tertiary/aromatic N) is 3. The number of hydrogen-bond donors (Lipinski definition) is 2. The fourth-order valence-electron chi connectivity index (χ4n) is 4.39. The number of carbonyl (C=O) groups excluding carboxylic acids is 3. The second kappa shape index (κ2) is 7.12. The number of hydrogen-bond acceptors (Lipinski definition) is 6. The number of benzene rings is 1. The second-order valence-electron chi connectivity index (χ2n) is 8.23. The maximum absolute atomic E-state index is 13.4. The zero-order valence-corrected chi connectivity index (χ0v) is 17.0. The van der Waals surface area contributed by atoms with E-state index in [0.717, 1.165) is 13.1 Å². The van der Waals surface area contributed by atoms with Gasteiger partial charge >= 0.3 is 0 Å². The number of carbonyl (C=O) groups is 3. The Morgan fingerprint density at radius 3 is 2.77 bits per heavy atom. The van der Waals surface area contributed by atoms with Crippen molar-refractivity contribution in [2.75, 3.05) is 13.1 Å². The van der Waals surface area contributed by atoms with E-state index in [1.165, 1.54) is 12.1 Å². The highest BCUT2D eigenvalue weighted by atomic mass is 19.1. The van der Waals surface area contributed by atoms with E-state index < -0.39 is 12.1 Å². The maximum Gasteiger partial charge on any atom is 0.237 e. The van der Waals surface area contributed by atoms with Crippen molar-refractivity contribution < 1.29 is 18.8 Å². The summed E-state index contributed by atoms with van der Waals surface area (Å²) in [5.74, 6) is -0.698. The Hall–Kier alpha value is -3.33. The molecule has 1 aromatic heterocycles. The number of fused-ring (bicyclic) bond motifs is 3. The smallest absolute Gasteiger partial charge is 0.237 e. The number of allylic oxidation sites excluding steroid dienone is 2. The molecule has 8 nitrogen and oxygen atoms in total. The molecule has 5 rings (SSSR count). The van der Waals surface area contributed by atoms with Crippen molar-refractivity contribution in [1.82, 2.24) is 19.8 Å². The summed E-state index contributed by atoms with van der Waals surface area (Å²) in [7, 11) is 0. The van der Waals surface area contributed by atoms with E-state index in [1.807, 2.05) is 4.90 Å². The second-order valence-corrected chi connectivity index (χ2v) is 8.23. The predicted octanol–water partition coefficient (Wildman–Crippen LogP) is 1.12. The Morgan fingerprint density at radius 1 is 1.29 bits per heavy atom. The first-order valence-corrected chi connectivity index (χ1v) is 10.3. The molecule has 1 aromatic carbocycles. The Labute approximate surface area is 177 Å². The van der Waals surface area contributed by atoms with Crippen molar-refractivity contribution in [1.29, 1.82) is 0 Å². The molecule has 160 valence electrons. The molecule has 2 atom stereocenters. The molecule has 0 bridgehead atoms. The fraction of sp³-hybridized carbons (Fsp3) is 0.364. The number of aromatic nitrogens is 2. The van der Waals surface area contributed by atoms with Gasteiger partial charge in [-0.25, -0.2) is 9.37 Å². The number of nitrogens with one attached hydrogen (secondary N) is 1. The summed E-state index contributed by atoms with van der Waals surface area (Å²) in [4.78, 5) is 44.9. The number of ketones is 2. The Bertz CT molecular complexity index is 1160. The largest absolute Gasteiger partial charge is 0.364 e. The van der Waals surface area contributed by atoms with E-state index in [-0.39, 0.29) is 35.4 Å². The lowest BCUT2D eigenvalue weighted by Gasteiger charge is -2.17. The van der Waals surface area contributed by atoms with E-state index in [4.69, 9.17) is 5.73 Å². The third-order valence-electron chi connectivity index (χ3n) is 6.05. The van der Waals surface area contributed by atoms with Gasteiger partial charge < -0.3 is 20.5 Å². The molecule has 3 aliphatic rings. The van der Waals surface area contributed by atoms with E-state index in [2.05, 4.69) is 10.3 Å². The van der Waals surface area contributed by atoms with Gasteiger partial charge in [0.2, 0.25) is 17.5 Å².